The Kier molecular flexibility index (Phi) is 7.47. The van der Waals surface area contributed by atoms with Gasteiger partial charge in [0.2, 0.25) is 5.91 Å². The van der Waals surface area contributed by atoms with Gasteiger partial charge in [-0.05, 0) is 25.3 Å². The van der Waals surface area contributed by atoms with Crippen LogP contribution in [0.25, 0.3) is 0 Å². The lowest BCUT2D eigenvalue weighted by molar-refractivity contribution is -0.147. The Bertz CT molecular complexity index is 640. The van der Waals surface area contributed by atoms with Crippen molar-refractivity contribution < 1.29 is 24.6 Å². The van der Waals surface area contributed by atoms with Gasteiger partial charge in [-0.1, -0.05) is 30.3 Å². The van der Waals surface area contributed by atoms with E-state index < -0.39 is 24.0 Å². The molecule has 142 valence electrons. The van der Waals surface area contributed by atoms with Gasteiger partial charge in [-0.3, -0.25) is 19.7 Å². The number of aliphatic carboxylic acids is 2. The van der Waals surface area contributed by atoms with Crippen LogP contribution >= 0.6 is 11.8 Å². The fourth-order valence-electron chi connectivity index (χ4n) is 2.91. The van der Waals surface area contributed by atoms with Crippen LogP contribution in [0.4, 0.5) is 0 Å². The second-order valence-electron chi connectivity index (χ2n) is 6.38. The largest absolute Gasteiger partial charge is 0.480 e. The molecule has 0 saturated carbocycles. The number of hydrogen-bond donors (Lipinski definition) is 3. The van der Waals surface area contributed by atoms with Gasteiger partial charge in [-0.2, -0.15) is 11.8 Å². The van der Waals surface area contributed by atoms with Crippen molar-refractivity contribution in [2.24, 2.45) is 0 Å². The number of carbonyl (C=O) groups is 3. The highest BCUT2D eigenvalue weighted by Crippen LogP contribution is 2.18. The second-order valence-corrected chi connectivity index (χ2v) is 7.46. The maximum Gasteiger partial charge on any atom is 0.323 e. The van der Waals surface area contributed by atoms with Crippen LogP contribution < -0.4 is 5.32 Å². The predicted molar refractivity (Wildman–Crippen MR) is 99.2 cm³/mol. The lowest BCUT2D eigenvalue weighted by Gasteiger charge is -2.29. The third kappa shape index (κ3) is 5.74. The zero-order valence-corrected chi connectivity index (χ0v) is 15.4. The Morgan fingerprint density at radius 3 is 2.58 bits per heavy atom. The highest BCUT2D eigenvalue weighted by Gasteiger charge is 2.34. The third-order valence-corrected chi connectivity index (χ3v) is 5.61. The fourth-order valence-corrected chi connectivity index (χ4v) is 4.04. The zero-order valence-electron chi connectivity index (χ0n) is 14.6. The number of amides is 1. The van der Waals surface area contributed by atoms with Crippen molar-refractivity contribution in [3.05, 3.63) is 35.9 Å². The number of nitrogens with zero attached hydrogens (tertiary/aromatic N) is 1. The molecule has 0 aromatic heterocycles. The molecule has 0 aliphatic carbocycles. The number of thioether (sulfide) groups is 1. The molecule has 1 amide bonds. The van der Waals surface area contributed by atoms with Crippen molar-refractivity contribution in [3.63, 3.8) is 0 Å². The number of rotatable bonds is 8. The average molecular weight is 380 g/mol. The van der Waals surface area contributed by atoms with Gasteiger partial charge >= 0.3 is 11.9 Å². The van der Waals surface area contributed by atoms with E-state index in [9.17, 15) is 19.5 Å². The van der Waals surface area contributed by atoms with Crippen LogP contribution in [0.1, 0.15) is 18.9 Å². The first-order valence-corrected chi connectivity index (χ1v) is 9.66. The smallest absolute Gasteiger partial charge is 0.323 e. The number of benzene rings is 1. The molecule has 1 aromatic carbocycles. The summed E-state index contributed by atoms with van der Waals surface area (Å²) < 4.78 is 0. The first-order valence-electron chi connectivity index (χ1n) is 8.51. The van der Waals surface area contributed by atoms with Crippen molar-refractivity contribution in [2.75, 3.05) is 18.1 Å². The van der Waals surface area contributed by atoms with Gasteiger partial charge in [0.1, 0.15) is 12.6 Å². The van der Waals surface area contributed by atoms with E-state index in [0.29, 0.717) is 24.3 Å². The number of hydrogen-bond acceptors (Lipinski definition) is 5. The molecule has 1 fully saturated rings. The van der Waals surface area contributed by atoms with Crippen LogP contribution in [-0.4, -0.2) is 69.1 Å². The SMILES string of the molecule is CC1CSCC(N[C@H](CCc2ccccc2)C(=O)O)C(=O)N1CC(=O)O. The molecule has 1 aliphatic rings. The summed E-state index contributed by atoms with van der Waals surface area (Å²) in [6.07, 6.45) is 0.927. The minimum atomic E-state index is -1.07. The molecule has 3 atom stereocenters. The van der Waals surface area contributed by atoms with Gasteiger partial charge in [0, 0.05) is 17.5 Å². The highest BCUT2D eigenvalue weighted by molar-refractivity contribution is 7.99. The quantitative estimate of drug-likeness (QED) is 0.619. The van der Waals surface area contributed by atoms with E-state index in [4.69, 9.17) is 5.11 Å². The number of carboxylic acids is 2. The summed E-state index contributed by atoms with van der Waals surface area (Å²) in [5, 5.41) is 21.5. The molecule has 1 aromatic rings. The van der Waals surface area contributed by atoms with Crippen molar-refractivity contribution in [2.45, 2.75) is 37.9 Å². The van der Waals surface area contributed by atoms with Crippen LogP contribution in [0.2, 0.25) is 0 Å². The second kappa shape index (κ2) is 9.59. The van der Waals surface area contributed by atoms with E-state index >= 15 is 0 Å². The van der Waals surface area contributed by atoms with Crippen LogP contribution in [-0.2, 0) is 20.8 Å². The number of carboxylic acid groups (broad SMARTS) is 2. The molecule has 2 unspecified atom stereocenters. The molecule has 2 rings (SSSR count). The van der Waals surface area contributed by atoms with Crippen molar-refractivity contribution in [1.82, 2.24) is 10.2 Å². The van der Waals surface area contributed by atoms with Crippen LogP contribution in [0.3, 0.4) is 0 Å². The standard InChI is InChI=1S/C18H24N2O5S/c1-12-10-26-11-15(17(23)20(12)9-16(21)22)19-14(18(24)25)8-7-13-5-3-2-4-6-13/h2-6,12,14-15,19H,7-11H2,1H3,(H,21,22)(H,24,25)/t12?,14-,15?/m1/s1. The molecule has 3 N–H and O–H groups in total. The summed E-state index contributed by atoms with van der Waals surface area (Å²) in [7, 11) is 0. The summed E-state index contributed by atoms with van der Waals surface area (Å²) >= 11 is 1.52. The first-order chi connectivity index (χ1) is 12.4. The summed E-state index contributed by atoms with van der Waals surface area (Å²) in [6.45, 7) is 1.43. The zero-order chi connectivity index (χ0) is 19.1. The molecule has 26 heavy (non-hydrogen) atoms. The van der Waals surface area contributed by atoms with Crippen LogP contribution in [0.15, 0.2) is 30.3 Å². The van der Waals surface area contributed by atoms with E-state index in [-0.39, 0.29) is 18.5 Å². The maximum absolute atomic E-state index is 12.7. The van der Waals surface area contributed by atoms with Crippen LogP contribution in [0, 0.1) is 0 Å². The molecule has 0 spiro atoms. The Morgan fingerprint density at radius 1 is 1.27 bits per heavy atom. The van der Waals surface area contributed by atoms with E-state index in [1.54, 1.807) is 6.92 Å². The number of carbonyl (C=O) groups excluding carboxylic acids is 1. The lowest BCUT2D eigenvalue weighted by atomic mass is 10.0. The van der Waals surface area contributed by atoms with E-state index in [2.05, 4.69) is 5.32 Å². The van der Waals surface area contributed by atoms with Gasteiger partial charge < -0.3 is 15.1 Å². The van der Waals surface area contributed by atoms with Gasteiger partial charge in [0.15, 0.2) is 0 Å². The Morgan fingerprint density at radius 2 is 1.96 bits per heavy atom. The van der Waals surface area contributed by atoms with E-state index in [1.165, 1.54) is 16.7 Å². The van der Waals surface area contributed by atoms with Crippen molar-refractivity contribution in [3.8, 4) is 0 Å². The normalized spacial score (nSPS) is 21.9. The van der Waals surface area contributed by atoms with Gasteiger partial charge in [0.05, 0.1) is 6.04 Å². The molecular formula is C18H24N2O5S. The lowest BCUT2D eigenvalue weighted by Crippen LogP contribution is -2.54. The van der Waals surface area contributed by atoms with E-state index in [1.807, 2.05) is 30.3 Å². The molecule has 8 heteroatoms. The van der Waals surface area contributed by atoms with Crippen molar-refractivity contribution in [1.29, 1.82) is 0 Å². The predicted octanol–water partition coefficient (Wildman–Crippen LogP) is 1.08. The van der Waals surface area contributed by atoms with Gasteiger partial charge in [-0.25, -0.2) is 0 Å². The first kappa shape index (κ1) is 20.3. The maximum atomic E-state index is 12.7. The average Bonchev–Trinajstić information content (AvgIpc) is 2.72. The number of nitrogens with one attached hydrogen (secondary N) is 1. The number of aryl methyl sites for hydroxylation is 1. The molecule has 7 nitrogen and oxygen atoms in total. The highest BCUT2D eigenvalue weighted by atomic mass is 32.2. The summed E-state index contributed by atoms with van der Waals surface area (Å²) in [5.41, 5.74) is 1.03. The third-order valence-electron chi connectivity index (χ3n) is 4.33. The molecule has 0 bridgehead atoms. The fraction of sp³-hybridized carbons (Fsp3) is 0.500. The van der Waals surface area contributed by atoms with Crippen LogP contribution in [0.5, 0.6) is 0 Å². The Hall–Kier alpha value is -2.06. The molecule has 0 radical (unpaired) electrons. The Balaban J connectivity index is 2.04. The van der Waals surface area contributed by atoms with Gasteiger partial charge in [0.25, 0.3) is 0 Å². The monoisotopic (exact) mass is 380 g/mol. The summed E-state index contributed by atoms with van der Waals surface area (Å²) in [4.78, 5) is 36.7. The topological polar surface area (TPSA) is 107 Å². The minimum Gasteiger partial charge on any atom is -0.480 e. The summed E-state index contributed by atoms with van der Waals surface area (Å²) in [5.74, 6) is -1.39. The minimum absolute atomic E-state index is 0.206. The van der Waals surface area contributed by atoms with Gasteiger partial charge in [-0.15, -0.1) is 0 Å². The molecule has 1 heterocycles. The Labute approximate surface area is 156 Å². The molecule has 1 aliphatic heterocycles. The molecular weight excluding hydrogens is 356 g/mol. The summed E-state index contributed by atoms with van der Waals surface area (Å²) in [6, 6.07) is 7.78. The van der Waals surface area contributed by atoms with Crippen molar-refractivity contribution >= 4 is 29.6 Å². The van der Waals surface area contributed by atoms with E-state index in [0.717, 1.165) is 5.56 Å². The molecule has 1 saturated heterocycles.